The number of amides is 1. The van der Waals surface area contributed by atoms with E-state index >= 15 is 0 Å². The number of fused-ring (bicyclic) bond motifs is 1. The third-order valence-electron chi connectivity index (χ3n) is 5.84. The number of ether oxygens (including phenoxy) is 1. The molecule has 162 valence electrons. The van der Waals surface area contributed by atoms with Crippen LogP contribution in [0.4, 0.5) is 4.79 Å². The maximum absolute atomic E-state index is 12.4. The first kappa shape index (κ1) is 20.6. The van der Waals surface area contributed by atoms with Crippen molar-refractivity contribution in [1.82, 2.24) is 24.3 Å². The van der Waals surface area contributed by atoms with E-state index in [4.69, 9.17) is 4.74 Å². The van der Waals surface area contributed by atoms with Gasteiger partial charge in [0.25, 0.3) is 0 Å². The molecule has 2 N–H and O–H groups in total. The standard InChI is InChI=1S/C20H27N5O5/c26-18(24-9-11-30-12-10-24)14-23-7-5-22(6-8-23)4-3-15-1-2-16-17(13-15)25(20(28)29)19(27)21-16/h1-2,13H,3-12,14H2,(H,21,27)(H,28,29). The number of benzene rings is 1. The van der Waals surface area contributed by atoms with E-state index in [1.807, 2.05) is 11.0 Å². The normalized spacial score (nSPS) is 18.7. The number of morpholine rings is 1. The van der Waals surface area contributed by atoms with E-state index in [2.05, 4.69) is 14.8 Å². The van der Waals surface area contributed by atoms with E-state index < -0.39 is 11.8 Å². The number of H-pyrrole nitrogens is 1. The van der Waals surface area contributed by atoms with Crippen LogP contribution in [0.2, 0.25) is 0 Å². The maximum Gasteiger partial charge on any atom is 0.420 e. The fraction of sp³-hybridized carbons (Fsp3) is 0.550. The molecule has 1 amide bonds. The van der Waals surface area contributed by atoms with Crippen LogP contribution < -0.4 is 5.69 Å². The minimum absolute atomic E-state index is 0.177. The van der Waals surface area contributed by atoms with Crippen molar-refractivity contribution in [3.63, 3.8) is 0 Å². The topological polar surface area (TPSA) is 111 Å². The molecule has 3 heterocycles. The van der Waals surface area contributed by atoms with Gasteiger partial charge in [0.2, 0.25) is 5.91 Å². The smallest absolute Gasteiger partial charge is 0.420 e. The highest BCUT2D eigenvalue weighted by Gasteiger charge is 2.23. The molecule has 0 aliphatic carbocycles. The van der Waals surface area contributed by atoms with Crippen LogP contribution in [0.1, 0.15) is 5.56 Å². The number of nitrogens with zero attached hydrogens (tertiary/aromatic N) is 4. The highest BCUT2D eigenvalue weighted by atomic mass is 16.5. The lowest BCUT2D eigenvalue weighted by Gasteiger charge is -2.36. The second kappa shape index (κ2) is 8.99. The molecule has 0 saturated carbocycles. The third-order valence-corrected chi connectivity index (χ3v) is 5.84. The van der Waals surface area contributed by atoms with E-state index in [0.717, 1.165) is 49.3 Å². The van der Waals surface area contributed by atoms with Gasteiger partial charge >= 0.3 is 11.8 Å². The van der Waals surface area contributed by atoms with Crippen LogP contribution in [-0.4, -0.2) is 107 Å². The number of rotatable bonds is 5. The largest absolute Gasteiger partial charge is 0.464 e. The third kappa shape index (κ3) is 4.55. The molecular formula is C20H27N5O5. The molecule has 10 heteroatoms. The van der Waals surface area contributed by atoms with Crippen LogP contribution in [0.3, 0.4) is 0 Å². The van der Waals surface area contributed by atoms with Crippen molar-refractivity contribution in [2.45, 2.75) is 6.42 Å². The van der Waals surface area contributed by atoms with Crippen molar-refractivity contribution in [2.75, 3.05) is 65.6 Å². The van der Waals surface area contributed by atoms with E-state index in [-0.39, 0.29) is 5.91 Å². The number of imidazole rings is 1. The molecule has 30 heavy (non-hydrogen) atoms. The fourth-order valence-corrected chi connectivity index (χ4v) is 4.06. The molecule has 2 aromatic rings. The lowest BCUT2D eigenvalue weighted by molar-refractivity contribution is -0.136. The van der Waals surface area contributed by atoms with E-state index in [0.29, 0.717) is 43.9 Å². The van der Waals surface area contributed by atoms with Crippen LogP contribution in [0.15, 0.2) is 23.0 Å². The number of nitrogens with one attached hydrogen (secondary N) is 1. The van der Waals surface area contributed by atoms with Gasteiger partial charge in [-0.15, -0.1) is 0 Å². The summed E-state index contributed by atoms with van der Waals surface area (Å²) in [6.07, 6.45) is -0.520. The highest BCUT2D eigenvalue weighted by molar-refractivity contribution is 5.85. The summed E-state index contributed by atoms with van der Waals surface area (Å²) in [6.45, 7) is 7.40. The molecule has 0 radical (unpaired) electrons. The van der Waals surface area contributed by atoms with Crippen molar-refractivity contribution < 1.29 is 19.4 Å². The molecule has 1 aromatic heterocycles. The number of piperazine rings is 1. The molecule has 2 aliphatic rings. The van der Waals surface area contributed by atoms with Gasteiger partial charge in [-0.05, 0) is 24.1 Å². The molecule has 0 atom stereocenters. The molecule has 2 saturated heterocycles. The minimum atomic E-state index is -1.29. The van der Waals surface area contributed by atoms with Crippen molar-refractivity contribution >= 4 is 23.0 Å². The first-order chi connectivity index (χ1) is 14.5. The van der Waals surface area contributed by atoms with Gasteiger partial charge in [0.15, 0.2) is 0 Å². The molecular weight excluding hydrogens is 390 g/mol. The molecule has 0 unspecified atom stereocenters. The van der Waals surface area contributed by atoms with Gasteiger partial charge in [-0.2, -0.15) is 4.57 Å². The summed E-state index contributed by atoms with van der Waals surface area (Å²) in [5.74, 6) is 0.177. The monoisotopic (exact) mass is 417 g/mol. The van der Waals surface area contributed by atoms with Gasteiger partial charge < -0.3 is 24.6 Å². The lowest BCUT2D eigenvalue weighted by atomic mass is 10.1. The molecule has 1 aromatic carbocycles. The zero-order valence-electron chi connectivity index (χ0n) is 16.9. The highest BCUT2D eigenvalue weighted by Crippen LogP contribution is 2.14. The van der Waals surface area contributed by atoms with Crippen molar-refractivity contribution in [3.8, 4) is 0 Å². The van der Waals surface area contributed by atoms with Gasteiger partial charge in [0.1, 0.15) is 0 Å². The molecule has 10 nitrogen and oxygen atoms in total. The van der Waals surface area contributed by atoms with Crippen LogP contribution >= 0.6 is 0 Å². The van der Waals surface area contributed by atoms with Gasteiger partial charge in [0.05, 0.1) is 30.8 Å². The summed E-state index contributed by atoms with van der Waals surface area (Å²) in [6, 6.07) is 5.43. The number of hydrogen-bond acceptors (Lipinski definition) is 6. The number of aromatic nitrogens is 2. The number of carboxylic acid groups (broad SMARTS) is 1. The second-order valence-electron chi connectivity index (χ2n) is 7.76. The Balaban J connectivity index is 1.27. The Bertz CT molecular complexity index is 970. The van der Waals surface area contributed by atoms with Crippen LogP contribution in [-0.2, 0) is 16.0 Å². The Labute approximate surface area is 173 Å². The number of carbonyl (C=O) groups is 2. The first-order valence-electron chi connectivity index (χ1n) is 10.3. The van der Waals surface area contributed by atoms with Crippen molar-refractivity contribution in [3.05, 3.63) is 34.2 Å². The average molecular weight is 417 g/mol. The molecule has 0 spiro atoms. The second-order valence-corrected chi connectivity index (χ2v) is 7.76. The van der Waals surface area contributed by atoms with Crippen LogP contribution in [0.5, 0.6) is 0 Å². The van der Waals surface area contributed by atoms with Crippen molar-refractivity contribution in [1.29, 1.82) is 0 Å². The van der Waals surface area contributed by atoms with Crippen LogP contribution in [0.25, 0.3) is 11.0 Å². The SMILES string of the molecule is O=C(CN1CCN(CCc2ccc3[nH]c(=O)n(C(=O)O)c3c2)CC1)N1CCOCC1. The molecule has 4 rings (SSSR count). The predicted molar refractivity (Wildman–Crippen MR) is 110 cm³/mol. The number of hydrogen-bond donors (Lipinski definition) is 2. The molecule has 0 bridgehead atoms. The summed E-state index contributed by atoms with van der Waals surface area (Å²) in [5, 5.41) is 9.24. The fourth-order valence-electron chi connectivity index (χ4n) is 4.06. The Morgan fingerprint density at radius 2 is 1.73 bits per heavy atom. The molecule has 2 fully saturated rings. The Morgan fingerprint density at radius 1 is 1.03 bits per heavy atom. The lowest BCUT2D eigenvalue weighted by Crippen LogP contribution is -2.51. The van der Waals surface area contributed by atoms with Gasteiger partial charge in [-0.3, -0.25) is 9.69 Å². The number of carbonyl (C=O) groups excluding carboxylic acids is 1. The zero-order valence-corrected chi connectivity index (χ0v) is 16.9. The van der Waals surface area contributed by atoms with E-state index in [1.54, 1.807) is 12.1 Å². The predicted octanol–water partition coefficient (Wildman–Crippen LogP) is -0.125. The summed E-state index contributed by atoms with van der Waals surface area (Å²) < 4.78 is 6.04. The summed E-state index contributed by atoms with van der Waals surface area (Å²) in [5.41, 5.74) is 1.25. The minimum Gasteiger partial charge on any atom is -0.464 e. The Kier molecular flexibility index (Phi) is 6.16. The van der Waals surface area contributed by atoms with E-state index in [9.17, 15) is 19.5 Å². The Hall–Kier alpha value is -2.69. The maximum atomic E-state index is 12.4. The average Bonchev–Trinajstić information content (AvgIpc) is 3.09. The summed E-state index contributed by atoms with van der Waals surface area (Å²) in [4.78, 5) is 44.5. The van der Waals surface area contributed by atoms with E-state index in [1.165, 1.54) is 0 Å². The number of aromatic amines is 1. The molecule has 2 aliphatic heterocycles. The summed E-state index contributed by atoms with van der Waals surface area (Å²) in [7, 11) is 0. The first-order valence-corrected chi connectivity index (χ1v) is 10.3. The van der Waals surface area contributed by atoms with Crippen molar-refractivity contribution in [2.24, 2.45) is 0 Å². The Morgan fingerprint density at radius 3 is 2.43 bits per heavy atom. The van der Waals surface area contributed by atoms with Gasteiger partial charge in [-0.1, -0.05) is 6.07 Å². The van der Waals surface area contributed by atoms with Gasteiger partial charge in [0, 0.05) is 45.8 Å². The van der Waals surface area contributed by atoms with Gasteiger partial charge in [-0.25, -0.2) is 9.59 Å². The quantitative estimate of drug-likeness (QED) is 0.697. The zero-order chi connectivity index (χ0) is 21.1. The van der Waals surface area contributed by atoms with Crippen LogP contribution in [0, 0.1) is 0 Å². The summed E-state index contributed by atoms with van der Waals surface area (Å²) >= 11 is 0.